The maximum Gasteiger partial charge on any atom is 0.222 e. The van der Waals surface area contributed by atoms with Crippen LogP contribution in [0.2, 0.25) is 0 Å². The first-order valence-electron chi connectivity index (χ1n) is 22.8. The van der Waals surface area contributed by atoms with Crippen LogP contribution in [0.25, 0.3) is 0 Å². The molecule has 5 heteroatoms. The van der Waals surface area contributed by atoms with Crippen molar-refractivity contribution in [2.24, 2.45) is 0 Å². The van der Waals surface area contributed by atoms with Gasteiger partial charge in [0.15, 0.2) is 0 Å². The second kappa shape index (κ2) is 42.3. The number of carbonyl (C=O) groups excluding carboxylic acids is 1. The van der Waals surface area contributed by atoms with Crippen molar-refractivity contribution in [1.29, 1.82) is 0 Å². The van der Waals surface area contributed by atoms with E-state index in [1.807, 2.05) is 6.08 Å². The van der Waals surface area contributed by atoms with Crippen LogP contribution in [0, 0.1) is 0 Å². The molecule has 0 saturated heterocycles. The Balaban J connectivity index is 3.64. The molecule has 3 atom stereocenters. The van der Waals surface area contributed by atoms with Crippen LogP contribution < -0.4 is 5.32 Å². The minimum Gasteiger partial charge on any atom is -0.394 e. The monoisotopic (exact) mass is 732 g/mol. The lowest BCUT2D eigenvalue weighted by Gasteiger charge is -2.21. The Morgan fingerprint density at radius 3 is 1.23 bits per heavy atom. The number of carbonyl (C=O) groups is 1. The normalized spacial score (nSPS) is 13.9. The summed E-state index contributed by atoms with van der Waals surface area (Å²) in [7, 11) is 0. The average molecular weight is 732 g/mol. The van der Waals surface area contributed by atoms with Crippen molar-refractivity contribution in [3.8, 4) is 0 Å². The molecule has 4 N–H and O–H groups in total. The highest BCUT2D eigenvalue weighted by molar-refractivity contribution is 5.76. The number of amides is 1. The third-order valence-corrected chi connectivity index (χ3v) is 10.4. The first-order chi connectivity index (χ1) is 25.5. The molecule has 0 heterocycles. The molecule has 0 aliphatic rings. The summed E-state index contributed by atoms with van der Waals surface area (Å²) in [6.45, 7) is 4.19. The summed E-state index contributed by atoms with van der Waals surface area (Å²) in [6, 6.07) is -0.760. The molecule has 52 heavy (non-hydrogen) atoms. The van der Waals surface area contributed by atoms with Gasteiger partial charge in [-0.2, -0.15) is 0 Å². The zero-order valence-corrected chi connectivity index (χ0v) is 34.7. The lowest BCUT2D eigenvalue weighted by Crippen LogP contribution is -2.45. The molecule has 0 aliphatic heterocycles. The van der Waals surface area contributed by atoms with E-state index in [0.717, 1.165) is 32.1 Å². The summed E-state index contributed by atoms with van der Waals surface area (Å²) in [6.07, 6.45) is 53.0. The summed E-state index contributed by atoms with van der Waals surface area (Å²) in [5.74, 6) is -0.327. The highest BCUT2D eigenvalue weighted by Crippen LogP contribution is 2.15. The van der Waals surface area contributed by atoms with Gasteiger partial charge in [0.25, 0.3) is 0 Å². The zero-order chi connectivity index (χ0) is 38.0. The Kier molecular flexibility index (Phi) is 41.1. The zero-order valence-electron chi connectivity index (χ0n) is 34.7. The Bertz CT molecular complexity index is 809. The van der Waals surface area contributed by atoms with Gasteiger partial charge in [-0.1, -0.05) is 204 Å². The number of hydrogen-bond donors (Lipinski definition) is 4. The number of rotatable bonds is 41. The average Bonchev–Trinajstić information content (AvgIpc) is 3.14. The maximum absolute atomic E-state index is 12.4. The van der Waals surface area contributed by atoms with E-state index < -0.39 is 18.2 Å². The summed E-state index contributed by atoms with van der Waals surface area (Å²) in [5.41, 5.74) is 0. The third kappa shape index (κ3) is 38.3. The molecule has 306 valence electrons. The van der Waals surface area contributed by atoms with E-state index in [4.69, 9.17) is 0 Å². The van der Waals surface area contributed by atoms with Gasteiger partial charge in [-0.05, 0) is 57.8 Å². The fourth-order valence-corrected chi connectivity index (χ4v) is 6.88. The van der Waals surface area contributed by atoms with Gasteiger partial charge in [-0.25, -0.2) is 0 Å². The van der Waals surface area contributed by atoms with Crippen LogP contribution in [0.5, 0.6) is 0 Å². The third-order valence-electron chi connectivity index (χ3n) is 10.4. The van der Waals surface area contributed by atoms with Crippen molar-refractivity contribution in [3.05, 3.63) is 36.5 Å². The Labute approximate surface area is 324 Å². The minimum absolute atomic E-state index is 0.00424. The number of aliphatic hydroxyl groups is 3. The van der Waals surface area contributed by atoms with Crippen LogP contribution in [0.1, 0.15) is 232 Å². The molecule has 0 aromatic heterocycles. The standard InChI is InChI=1S/C47H89NO4/c1-3-5-7-9-11-13-15-17-18-19-20-21-22-23-24-25-26-27-29-30-32-34-36-38-40-44(50)42-47(52)48-45(43-49)46(51)41-39-37-35-33-31-28-16-14-12-10-8-6-4-2/h23-24,31,33,39,41,44-46,49-51H,3-22,25-30,32,34-38,40,42-43H2,1-2H3,(H,48,52)/b24-23-,33-31+,41-39+. The fourth-order valence-electron chi connectivity index (χ4n) is 6.88. The number of aliphatic hydroxyl groups excluding tert-OH is 3. The lowest BCUT2D eigenvalue weighted by atomic mass is 10.0. The quantitative estimate of drug-likeness (QED) is 0.0372. The molecule has 3 unspecified atom stereocenters. The Hall–Kier alpha value is -1.43. The molecular weight excluding hydrogens is 643 g/mol. The van der Waals surface area contributed by atoms with Crippen molar-refractivity contribution in [2.75, 3.05) is 6.61 Å². The van der Waals surface area contributed by atoms with E-state index >= 15 is 0 Å². The van der Waals surface area contributed by atoms with Gasteiger partial charge in [-0.3, -0.25) is 4.79 Å². The van der Waals surface area contributed by atoms with Crippen LogP contribution in [0.3, 0.4) is 0 Å². The van der Waals surface area contributed by atoms with Crippen LogP contribution in [0.15, 0.2) is 36.5 Å². The number of hydrogen-bond acceptors (Lipinski definition) is 4. The van der Waals surface area contributed by atoms with Crippen molar-refractivity contribution < 1.29 is 20.1 Å². The summed E-state index contributed by atoms with van der Waals surface area (Å²) < 4.78 is 0. The molecule has 5 nitrogen and oxygen atoms in total. The second-order valence-electron chi connectivity index (χ2n) is 15.6. The molecule has 0 aliphatic carbocycles. The van der Waals surface area contributed by atoms with Crippen LogP contribution >= 0.6 is 0 Å². The molecule has 1 amide bonds. The SMILES string of the molecule is CCCCCCCCC/C=C/CC/C=C/C(O)C(CO)NC(=O)CC(O)CCCCCCCCCC/C=C\CCCCCCCCCCCCCC. The van der Waals surface area contributed by atoms with E-state index in [-0.39, 0.29) is 18.9 Å². The first kappa shape index (κ1) is 50.6. The summed E-state index contributed by atoms with van der Waals surface area (Å²) >= 11 is 0. The van der Waals surface area contributed by atoms with Crippen molar-refractivity contribution in [2.45, 2.75) is 250 Å². The number of allylic oxidation sites excluding steroid dienone is 5. The Morgan fingerprint density at radius 2 is 0.827 bits per heavy atom. The highest BCUT2D eigenvalue weighted by Gasteiger charge is 2.20. The minimum atomic E-state index is -0.951. The lowest BCUT2D eigenvalue weighted by molar-refractivity contribution is -0.124. The molecule has 0 radical (unpaired) electrons. The van der Waals surface area contributed by atoms with Gasteiger partial charge < -0.3 is 20.6 Å². The topological polar surface area (TPSA) is 89.8 Å². The molecule has 0 rings (SSSR count). The summed E-state index contributed by atoms with van der Waals surface area (Å²) in [4.78, 5) is 12.4. The van der Waals surface area contributed by atoms with Gasteiger partial charge in [0.2, 0.25) is 5.91 Å². The second-order valence-corrected chi connectivity index (χ2v) is 15.6. The van der Waals surface area contributed by atoms with E-state index in [2.05, 4.69) is 43.5 Å². The number of nitrogens with one attached hydrogen (secondary N) is 1. The summed E-state index contributed by atoms with van der Waals surface area (Å²) in [5, 5.41) is 33.2. The molecule has 0 bridgehead atoms. The molecule has 0 aromatic carbocycles. The van der Waals surface area contributed by atoms with Gasteiger partial charge in [-0.15, -0.1) is 0 Å². The van der Waals surface area contributed by atoms with Crippen LogP contribution in [-0.2, 0) is 4.79 Å². The van der Waals surface area contributed by atoms with Gasteiger partial charge in [0, 0.05) is 0 Å². The predicted octanol–water partition coefficient (Wildman–Crippen LogP) is 13.2. The smallest absolute Gasteiger partial charge is 0.222 e. The van der Waals surface area contributed by atoms with E-state index in [1.54, 1.807) is 6.08 Å². The van der Waals surface area contributed by atoms with Crippen molar-refractivity contribution in [3.63, 3.8) is 0 Å². The molecular formula is C47H89NO4. The molecule has 0 saturated carbocycles. The largest absolute Gasteiger partial charge is 0.394 e. The molecule has 0 fully saturated rings. The van der Waals surface area contributed by atoms with E-state index in [0.29, 0.717) is 6.42 Å². The van der Waals surface area contributed by atoms with E-state index in [9.17, 15) is 20.1 Å². The van der Waals surface area contributed by atoms with Gasteiger partial charge >= 0.3 is 0 Å². The van der Waals surface area contributed by atoms with Crippen LogP contribution in [-0.4, -0.2) is 46.1 Å². The van der Waals surface area contributed by atoms with Crippen molar-refractivity contribution >= 4 is 5.91 Å². The van der Waals surface area contributed by atoms with Crippen LogP contribution in [0.4, 0.5) is 0 Å². The fraction of sp³-hybridized carbons (Fsp3) is 0.851. The van der Waals surface area contributed by atoms with Crippen molar-refractivity contribution in [1.82, 2.24) is 5.32 Å². The van der Waals surface area contributed by atoms with E-state index in [1.165, 1.54) is 173 Å². The first-order valence-corrected chi connectivity index (χ1v) is 22.8. The molecule has 0 spiro atoms. The number of unbranched alkanes of at least 4 members (excludes halogenated alkanes) is 28. The molecule has 0 aromatic rings. The maximum atomic E-state index is 12.4. The van der Waals surface area contributed by atoms with Gasteiger partial charge in [0.05, 0.1) is 31.3 Å². The highest BCUT2D eigenvalue weighted by atomic mass is 16.3. The van der Waals surface area contributed by atoms with Gasteiger partial charge in [0.1, 0.15) is 0 Å². The predicted molar refractivity (Wildman–Crippen MR) is 227 cm³/mol. The Morgan fingerprint density at radius 1 is 0.481 bits per heavy atom.